The standard InChI is InChI=1S/C14H15N3/c1-10-2-4-11(5-3-10)9-17-12-6-7-13(15)14(16)8-12/h2-9H,15-16H2,1H3. The van der Waals surface area contributed by atoms with Crippen molar-refractivity contribution in [2.24, 2.45) is 4.99 Å². The highest BCUT2D eigenvalue weighted by Crippen LogP contribution is 2.21. The molecule has 2 aromatic rings. The lowest BCUT2D eigenvalue weighted by Gasteiger charge is -2.00. The SMILES string of the molecule is Cc1ccc(C=Nc2ccc(N)c(N)c2)cc1. The molecule has 2 aromatic carbocycles. The minimum atomic E-state index is 0.559. The van der Waals surface area contributed by atoms with Gasteiger partial charge in [-0.2, -0.15) is 0 Å². The van der Waals surface area contributed by atoms with E-state index >= 15 is 0 Å². The summed E-state index contributed by atoms with van der Waals surface area (Å²) in [4.78, 5) is 4.35. The molecule has 0 atom stereocenters. The number of hydrogen-bond donors (Lipinski definition) is 2. The van der Waals surface area contributed by atoms with Gasteiger partial charge in [-0.25, -0.2) is 0 Å². The van der Waals surface area contributed by atoms with Crippen molar-refractivity contribution < 1.29 is 0 Å². The number of benzene rings is 2. The van der Waals surface area contributed by atoms with Gasteiger partial charge in [-0.15, -0.1) is 0 Å². The summed E-state index contributed by atoms with van der Waals surface area (Å²) in [6.45, 7) is 2.06. The third-order valence-electron chi connectivity index (χ3n) is 2.51. The van der Waals surface area contributed by atoms with Crippen LogP contribution < -0.4 is 11.5 Å². The maximum atomic E-state index is 5.71. The molecule has 86 valence electrons. The number of aliphatic imine (C=N–C) groups is 1. The molecule has 0 saturated carbocycles. The zero-order chi connectivity index (χ0) is 12.3. The molecule has 0 radical (unpaired) electrons. The minimum Gasteiger partial charge on any atom is -0.397 e. The van der Waals surface area contributed by atoms with Gasteiger partial charge in [-0.05, 0) is 30.7 Å². The van der Waals surface area contributed by atoms with E-state index in [4.69, 9.17) is 11.5 Å². The fraction of sp³-hybridized carbons (Fsp3) is 0.0714. The number of rotatable bonds is 2. The van der Waals surface area contributed by atoms with Crippen LogP contribution in [0.15, 0.2) is 47.5 Å². The van der Waals surface area contributed by atoms with Crippen LogP contribution in [0.3, 0.4) is 0 Å². The van der Waals surface area contributed by atoms with Crippen molar-refractivity contribution >= 4 is 23.3 Å². The molecular weight excluding hydrogens is 210 g/mol. The first kappa shape index (κ1) is 11.2. The summed E-state index contributed by atoms with van der Waals surface area (Å²) < 4.78 is 0. The molecule has 0 aliphatic carbocycles. The number of nitrogen functional groups attached to an aromatic ring is 2. The maximum Gasteiger partial charge on any atom is 0.0651 e. The van der Waals surface area contributed by atoms with E-state index in [-0.39, 0.29) is 0 Å². The second-order valence-corrected chi connectivity index (χ2v) is 3.98. The van der Waals surface area contributed by atoms with Gasteiger partial charge in [-0.3, -0.25) is 4.99 Å². The van der Waals surface area contributed by atoms with Crippen molar-refractivity contribution in [2.75, 3.05) is 11.5 Å². The van der Waals surface area contributed by atoms with Gasteiger partial charge in [0.2, 0.25) is 0 Å². The van der Waals surface area contributed by atoms with Gasteiger partial charge in [0.05, 0.1) is 17.1 Å². The summed E-state index contributed by atoms with van der Waals surface area (Å²) in [6, 6.07) is 13.5. The van der Waals surface area contributed by atoms with Crippen LogP contribution in [0.25, 0.3) is 0 Å². The Morgan fingerprint density at radius 1 is 0.941 bits per heavy atom. The molecule has 0 aliphatic rings. The van der Waals surface area contributed by atoms with E-state index in [1.165, 1.54) is 5.56 Å². The van der Waals surface area contributed by atoms with Gasteiger partial charge in [0.1, 0.15) is 0 Å². The van der Waals surface area contributed by atoms with E-state index in [0.717, 1.165) is 11.3 Å². The molecule has 17 heavy (non-hydrogen) atoms. The molecule has 3 nitrogen and oxygen atoms in total. The fourth-order valence-electron chi connectivity index (χ4n) is 1.44. The highest BCUT2D eigenvalue weighted by molar-refractivity contribution is 5.82. The number of nitrogens with two attached hydrogens (primary N) is 2. The number of hydrogen-bond acceptors (Lipinski definition) is 3. The van der Waals surface area contributed by atoms with Gasteiger partial charge < -0.3 is 11.5 Å². The summed E-state index contributed by atoms with van der Waals surface area (Å²) in [5.41, 5.74) is 15.6. The van der Waals surface area contributed by atoms with Crippen LogP contribution in [-0.4, -0.2) is 6.21 Å². The summed E-state index contributed by atoms with van der Waals surface area (Å²) in [6.07, 6.45) is 1.81. The van der Waals surface area contributed by atoms with E-state index in [1.807, 2.05) is 24.4 Å². The van der Waals surface area contributed by atoms with Gasteiger partial charge >= 0.3 is 0 Å². The maximum absolute atomic E-state index is 5.71. The van der Waals surface area contributed by atoms with E-state index in [0.29, 0.717) is 11.4 Å². The summed E-state index contributed by atoms with van der Waals surface area (Å²) in [7, 11) is 0. The van der Waals surface area contributed by atoms with Gasteiger partial charge in [-0.1, -0.05) is 29.8 Å². The number of nitrogens with zero attached hydrogens (tertiary/aromatic N) is 1. The molecule has 0 amide bonds. The van der Waals surface area contributed by atoms with E-state index in [9.17, 15) is 0 Å². The van der Waals surface area contributed by atoms with Crippen molar-refractivity contribution in [3.8, 4) is 0 Å². The summed E-state index contributed by atoms with van der Waals surface area (Å²) >= 11 is 0. The van der Waals surface area contributed by atoms with Gasteiger partial charge in [0.25, 0.3) is 0 Å². The van der Waals surface area contributed by atoms with Gasteiger partial charge in [0, 0.05) is 6.21 Å². The first-order valence-electron chi connectivity index (χ1n) is 5.41. The summed E-state index contributed by atoms with van der Waals surface area (Å²) in [5, 5.41) is 0. The monoisotopic (exact) mass is 225 g/mol. The topological polar surface area (TPSA) is 64.4 Å². The highest BCUT2D eigenvalue weighted by atomic mass is 14.7. The Hall–Kier alpha value is -2.29. The first-order chi connectivity index (χ1) is 8.15. The Bertz CT molecular complexity index is 542. The molecule has 2 rings (SSSR count). The molecule has 0 unspecified atom stereocenters. The predicted octanol–water partition coefficient (Wildman–Crippen LogP) is 2.91. The third-order valence-corrected chi connectivity index (χ3v) is 2.51. The Morgan fingerprint density at radius 2 is 1.65 bits per heavy atom. The van der Waals surface area contributed by atoms with Crippen molar-refractivity contribution in [1.82, 2.24) is 0 Å². The van der Waals surface area contributed by atoms with Crippen LogP contribution in [0.5, 0.6) is 0 Å². The molecule has 0 bridgehead atoms. The average Bonchev–Trinajstić information content (AvgIpc) is 2.33. The van der Waals surface area contributed by atoms with Crippen molar-refractivity contribution in [1.29, 1.82) is 0 Å². The Kier molecular flexibility index (Phi) is 3.10. The Balaban J connectivity index is 2.20. The van der Waals surface area contributed by atoms with Crippen molar-refractivity contribution in [3.63, 3.8) is 0 Å². The minimum absolute atomic E-state index is 0.559. The molecule has 0 aromatic heterocycles. The zero-order valence-electron chi connectivity index (χ0n) is 9.72. The Morgan fingerprint density at radius 3 is 2.29 bits per heavy atom. The zero-order valence-corrected chi connectivity index (χ0v) is 9.72. The molecular formula is C14H15N3. The highest BCUT2D eigenvalue weighted by Gasteiger charge is 1.95. The number of anilines is 2. The lowest BCUT2D eigenvalue weighted by Crippen LogP contribution is -1.92. The average molecular weight is 225 g/mol. The van der Waals surface area contributed by atoms with E-state index in [1.54, 1.807) is 12.1 Å². The van der Waals surface area contributed by atoms with Gasteiger partial charge in [0.15, 0.2) is 0 Å². The second-order valence-electron chi connectivity index (χ2n) is 3.98. The smallest absolute Gasteiger partial charge is 0.0651 e. The van der Waals surface area contributed by atoms with Crippen molar-refractivity contribution in [3.05, 3.63) is 53.6 Å². The number of aryl methyl sites for hydroxylation is 1. The molecule has 0 heterocycles. The van der Waals surface area contributed by atoms with Crippen LogP contribution in [0.2, 0.25) is 0 Å². The predicted molar refractivity (Wildman–Crippen MR) is 73.7 cm³/mol. The molecule has 4 N–H and O–H groups in total. The lowest BCUT2D eigenvalue weighted by molar-refractivity contribution is 1.46. The quantitative estimate of drug-likeness (QED) is 0.609. The second kappa shape index (κ2) is 4.70. The normalized spacial score (nSPS) is 10.9. The van der Waals surface area contributed by atoms with Crippen LogP contribution in [0.4, 0.5) is 17.1 Å². The molecule has 3 heteroatoms. The molecule has 0 aliphatic heterocycles. The molecule has 0 fully saturated rings. The van der Waals surface area contributed by atoms with Crippen LogP contribution in [-0.2, 0) is 0 Å². The Labute approximate surface area is 101 Å². The first-order valence-corrected chi connectivity index (χ1v) is 5.41. The third kappa shape index (κ3) is 2.84. The van der Waals surface area contributed by atoms with Crippen molar-refractivity contribution in [2.45, 2.75) is 6.92 Å². The lowest BCUT2D eigenvalue weighted by atomic mass is 10.2. The van der Waals surface area contributed by atoms with Crippen LogP contribution >= 0.6 is 0 Å². The van der Waals surface area contributed by atoms with Crippen LogP contribution in [0, 0.1) is 6.92 Å². The largest absolute Gasteiger partial charge is 0.397 e. The summed E-state index contributed by atoms with van der Waals surface area (Å²) in [5.74, 6) is 0. The fourth-order valence-corrected chi connectivity index (χ4v) is 1.44. The van der Waals surface area contributed by atoms with Crippen LogP contribution in [0.1, 0.15) is 11.1 Å². The van der Waals surface area contributed by atoms with E-state index in [2.05, 4.69) is 24.0 Å². The molecule has 0 saturated heterocycles. The van der Waals surface area contributed by atoms with E-state index < -0.39 is 0 Å². The molecule has 0 spiro atoms.